The van der Waals surface area contributed by atoms with Gasteiger partial charge < -0.3 is 5.11 Å². The molecule has 2 aromatic heterocycles. The van der Waals surface area contributed by atoms with Gasteiger partial charge in [0.05, 0.1) is 11.4 Å². The normalized spacial score (nSPS) is 12.3. The number of aliphatic hydroxyl groups excluding tert-OH is 1. The van der Waals surface area contributed by atoms with E-state index in [2.05, 4.69) is 9.97 Å². The van der Waals surface area contributed by atoms with Gasteiger partial charge in [0.15, 0.2) is 0 Å². The van der Waals surface area contributed by atoms with E-state index < -0.39 is 6.10 Å². The molecule has 100 valence electrons. The molecule has 0 saturated heterocycles. The van der Waals surface area contributed by atoms with Crippen molar-refractivity contribution in [3.8, 4) is 11.3 Å². The van der Waals surface area contributed by atoms with Crippen LogP contribution in [0.3, 0.4) is 0 Å². The number of halogens is 1. The van der Waals surface area contributed by atoms with E-state index in [0.29, 0.717) is 15.7 Å². The zero-order valence-electron chi connectivity index (χ0n) is 10.4. The van der Waals surface area contributed by atoms with E-state index in [1.807, 2.05) is 41.8 Å². The van der Waals surface area contributed by atoms with Crippen LogP contribution in [0.1, 0.15) is 16.8 Å². The van der Waals surface area contributed by atoms with Gasteiger partial charge in [-0.15, -0.1) is 11.3 Å². The van der Waals surface area contributed by atoms with E-state index in [1.165, 1.54) is 11.3 Å². The first-order valence-electron chi connectivity index (χ1n) is 6.04. The minimum atomic E-state index is -0.790. The van der Waals surface area contributed by atoms with Gasteiger partial charge in [-0.2, -0.15) is 0 Å². The second-order valence-corrected chi connectivity index (χ2v) is 5.56. The molecule has 20 heavy (non-hydrogen) atoms. The van der Waals surface area contributed by atoms with Crippen molar-refractivity contribution in [1.82, 2.24) is 9.97 Å². The maximum absolute atomic E-state index is 10.3. The molecule has 1 N–H and O–H groups in total. The molecule has 1 aromatic carbocycles. The first-order valence-corrected chi connectivity index (χ1v) is 7.30. The number of pyridine rings is 1. The van der Waals surface area contributed by atoms with Crippen LogP contribution < -0.4 is 0 Å². The summed E-state index contributed by atoms with van der Waals surface area (Å²) in [6.45, 7) is 0. The van der Waals surface area contributed by atoms with E-state index in [0.717, 1.165) is 11.3 Å². The summed E-state index contributed by atoms with van der Waals surface area (Å²) >= 11 is 7.29. The molecule has 0 fully saturated rings. The third-order valence-corrected chi connectivity index (χ3v) is 4.01. The van der Waals surface area contributed by atoms with Gasteiger partial charge in [-0.05, 0) is 24.3 Å². The lowest BCUT2D eigenvalue weighted by Gasteiger charge is -2.05. The van der Waals surface area contributed by atoms with Gasteiger partial charge in [-0.3, -0.25) is 4.98 Å². The molecule has 0 bridgehead atoms. The number of benzene rings is 1. The van der Waals surface area contributed by atoms with E-state index in [-0.39, 0.29) is 0 Å². The van der Waals surface area contributed by atoms with Gasteiger partial charge in [-0.25, -0.2) is 4.98 Å². The predicted octanol–water partition coefficient (Wildman–Crippen LogP) is 3.94. The minimum Gasteiger partial charge on any atom is -0.380 e. The molecule has 1 atom stereocenters. The largest absolute Gasteiger partial charge is 0.380 e. The molecular weight excluding hydrogens is 292 g/mol. The summed E-state index contributed by atoms with van der Waals surface area (Å²) in [4.78, 5) is 8.62. The van der Waals surface area contributed by atoms with E-state index in [1.54, 1.807) is 12.3 Å². The fourth-order valence-electron chi connectivity index (χ4n) is 1.83. The van der Waals surface area contributed by atoms with Crippen molar-refractivity contribution >= 4 is 22.9 Å². The second kappa shape index (κ2) is 5.71. The van der Waals surface area contributed by atoms with Crippen LogP contribution >= 0.6 is 22.9 Å². The van der Waals surface area contributed by atoms with Gasteiger partial charge in [-0.1, -0.05) is 29.8 Å². The number of nitrogens with zero attached hydrogens (tertiary/aromatic N) is 2. The average Bonchev–Trinajstić information content (AvgIpc) is 2.98. The van der Waals surface area contributed by atoms with Crippen molar-refractivity contribution in [2.75, 3.05) is 0 Å². The van der Waals surface area contributed by atoms with Crippen LogP contribution in [0.4, 0.5) is 0 Å². The molecule has 0 amide bonds. The highest BCUT2D eigenvalue weighted by Crippen LogP contribution is 2.28. The van der Waals surface area contributed by atoms with Crippen molar-refractivity contribution in [1.29, 1.82) is 0 Å². The maximum atomic E-state index is 10.3. The van der Waals surface area contributed by atoms with Crippen molar-refractivity contribution in [2.24, 2.45) is 0 Å². The second-order valence-electron chi connectivity index (χ2n) is 4.24. The molecule has 0 spiro atoms. The molecule has 0 radical (unpaired) electrons. The zero-order valence-corrected chi connectivity index (χ0v) is 12.0. The van der Waals surface area contributed by atoms with Crippen molar-refractivity contribution < 1.29 is 5.11 Å². The predicted molar refractivity (Wildman–Crippen MR) is 80.9 cm³/mol. The van der Waals surface area contributed by atoms with Gasteiger partial charge in [0.1, 0.15) is 11.1 Å². The van der Waals surface area contributed by atoms with Crippen LogP contribution in [0.5, 0.6) is 0 Å². The third-order valence-electron chi connectivity index (χ3n) is 2.86. The monoisotopic (exact) mass is 302 g/mol. The first kappa shape index (κ1) is 13.2. The molecule has 0 aliphatic carbocycles. The van der Waals surface area contributed by atoms with E-state index in [9.17, 15) is 5.11 Å². The molecule has 3 aromatic rings. The first-order chi connectivity index (χ1) is 9.74. The SMILES string of the molecule is OC(c1ccccn1)c1nc(-c2ccc(Cl)cc2)cs1. The van der Waals surface area contributed by atoms with Gasteiger partial charge >= 0.3 is 0 Å². The number of thiazole rings is 1. The Morgan fingerprint density at radius 2 is 1.90 bits per heavy atom. The highest BCUT2D eigenvalue weighted by molar-refractivity contribution is 7.10. The summed E-state index contributed by atoms with van der Waals surface area (Å²) in [5.41, 5.74) is 2.41. The lowest BCUT2D eigenvalue weighted by Crippen LogP contribution is -2.01. The molecular formula is C15H11ClN2OS. The van der Waals surface area contributed by atoms with Crippen molar-refractivity contribution in [3.63, 3.8) is 0 Å². The average molecular weight is 303 g/mol. The van der Waals surface area contributed by atoms with Crippen LogP contribution in [0.25, 0.3) is 11.3 Å². The van der Waals surface area contributed by atoms with Crippen molar-refractivity contribution in [2.45, 2.75) is 6.10 Å². The summed E-state index contributed by atoms with van der Waals surface area (Å²) < 4.78 is 0. The number of hydrogen-bond acceptors (Lipinski definition) is 4. The summed E-state index contributed by atoms with van der Waals surface area (Å²) in [6, 6.07) is 12.9. The molecule has 3 nitrogen and oxygen atoms in total. The smallest absolute Gasteiger partial charge is 0.147 e. The Morgan fingerprint density at radius 3 is 2.60 bits per heavy atom. The van der Waals surface area contributed by atoms with E-state index >= 15 is 0 Å². The molecule has 3 rings (SSSR count). The number of rotatable bonds is 3. The Bertz CT molecular complexity index is 697. The fourth-order valence-corrected chi connectivity index (χ4v) is 2.78. The molecule has 0 aliphatic rings. The Hall–Kier alpha value is -1.75. The fraction of sp³-hybridized carbons (Fsp3) is 0.0667. The molecule has 0 saturated carbocycles. The highest BCUT2D eigenvalue weighted by atomic mass is 35.5. The van der Waals surface area contributed by atoms with Gasteiger partial charge in [0, 0.05) is 22.2 Å². The molecule has 1 unspecified atom stereocenters. The standard InChI is InChI=1S/C15H11ClN2OS/c16-11-6-4-10(5-7-11)13-9-20-15(18-13)14(19)12-3-1-2-8-17-12/h1-9,14,19H. The molecule has 5 heteroatoms. The third kappa shape index (κ3) is 2.72. The number of aromatic nitrogens is 2. The highest BCUT2D eigenvalue weighted by Gasteiger charge is 2.16. The zero-order chi connectivity index (χ0) is 13.9. The summed E-state index contributed by atoms with van der Waals surface area (Å²) in [7, 11) is 0. The van der Waals surface area contributed by atoms with Crippen LogP contribution in [-0.4, -0.2) is 15.1 Å². The molecule has 2 heterocycles. The lowest BCUT2D eigenvalue weighted by atomic mass is 10.2. The Labute approximate surface area is 125 Å². The van der Waals surface area contributed by atoms with Crippen LogP contribution in [0, 0.1) is 0 Å². The lowest BCUT2D eigenvalue weighted by molar-refractivity contribution is 0.215. The van der Waals surface area contributed by atoms with Crippen LogP contribution in [0.15, 0.2) is 54.0 Å². The van der Waals surface area contributed by atoms with Crippen LogP contribution in [0.2, 0.25) is 5.02 Å². The quantitative estimate of drug-likeness (QED) is 0.797. The summed E-state index contributed by atoms with van der Waals surface area (Å²) in [6.07, 6.45) is 0.869. The molecule has 0 aliphatic heterocycles. The number of hydrogen-bond donors (Lipinski definition) is 1. The summed E-state index contributed by atoms with van der Waals surface area (Å²) in [5.74, 6) is 0. The van der Waals surface area contributed by atoms with Gasteiger partial charge in [0.2, 0.25) is 0 Å². The topological polar surface area (TPSA) is 46.0 Å². The minimum absolute atomic E-state index is 0.601. The van der Waals surface area contributed by atoms with E-state index in [4.69, 9.17) is 11.6 Å². The Morgan fingerprint density at radius 1 is 1.10 bits per heavy atom. The maximum Gasteiger partial charge on any atom is 0.147 e. The number of aliphatic hydroxyl groups is 1. The van der Waals surface area contributed by atoms with Crippen LogP contribution in [-0.2, 0) is 0 Å². The summed E-state index contributed by atoms with van der Waals surface area (Å²) in [5, 5.41) is 13.5. The van der Waals surface area contributed by atoms with Crippen molar-refractivity contribution in [3.05, 3.63) is 69.8 Å². The Balaban J connectivity index is 1.89. The van der Waals surface area contributed by atoms with Gasteiger partial charge in [0.25, 0.3) is 0 Å². The Kier molecular flexibility index (Phi) is 3.78.